The zero-order valence-electron chi connectivity index (χ0n) is 15.8. The van der Waals surface area contributed by atoms with Gasteiger partial charge in [0.15, 0.2) is 0 Å². The van der Waals surface area contributed by atoms with Crippen molar-refractivity contribution in [1.82, 2.24) is 14.5 Å². The molecule has 1 aliphatic heterocycles. The van der Waals surface area contributed by atoms with E-state index in [0.29, 0.717) is 12.1 Å². The fourth-order valence-corrected chi connectivity index (χ4v) is 4.77. The topological polar surface area (TPSA) is 39.5 Å². The monoisotopic (exact) mass is 355 g/mol. The van der Waals surface area contributed by atoms with E-state index >= 15 is 0 Å². The summed E-state index contributed by atoms with van der Waals surface area (Å²) in [6.45, 7) is 2.86. The lowest BCUT2D eigenvalue weighted by atomic mass is 9.79. The molecule has 1 saturated heterocycles. The van der Waals surface area contributed by atoms with Crippen molar-refractivity contribution >= 4 is 0 Å². The average molecular weight is 355 g/mol. The van der Waals surface area contributed by atoms with Gasteiger partial charge in [0, 0.05) is 46.1 Å². The summed E-state index contributed by atoms with van der Waals surface area (Å²) < 4.78 is 14.0. The molecule has 5 heteroatoms. The Morgan fingerprint density at radius 2 is 2.00 bits per heavy atom. The molecule has 5 nitrogen and oxygen atoms in total. The number of hydrogen-bond donors (Lipinski definition) is 0. The predicted octanol–water partition coefficient (Wildman–Crippen LogP) is 3.09. The van der Waals surface area contributed by atoms with E-state index in [0.717, 1.165) is 45.3 Å². The van der Waals surface area contributed by atoms with E-state index in [-0.39, 0.29) is 5.60 Å². The summed E-state index contributed by atoms with van der Waals surface area (Å²) in [6, 6.07) is 11.0. The van der Waals surface area contributed by atoms with Crippen molar-refractivity contribution in [3.8, 4) is 0 Å². The maximum atomic E-state index is 6.05. The maximum absolute atomic E-state index is 6.05. The van der Waals surface area contributed by atoms with Gasteiger partial charge in [0.25, 0.3) is 0 Å². The van der Waals surface area contributed by atoms with Gasteiger partial charge in [-0.25, -0.2) is 4.98 Å². The molecule has 2 fully saturated rings. The number of hydrogen-bond acceptors (Lipinski definition) is 4. The lowest BCUT2D eigenvalue weighted by Crippen LogP contribution is -2.51. The molecular weight excluding hydrogens is 326 g/mol. The number of imidazole rings is 1. The summed E-state index contributed by atoms with van der Waals surface area (Å²) in [5.41, 5.74) is 2.57. The minimum absolute atomic E-state index is 0.000683. The summed E-state index contributed by atoms with van der Waals surface area (Å²) in [4.78, 5) is 6.99. The standard InChI is InChI=1S/C21H29N3O2/c1-25-19-8-9-21(26-2)10-11-23(20(21)12-19)15-18-13-22-16-24(18)14-17-6-4-3-5-7-17/h3-7,13,16,19-20H,8-12,14-15H2,1-2H3/t19-,20+,21-/m0/s1. The number of likely N-dealkylation sites (tertiary alicyclic amines) is 1. The number of benzene rings is 1. The Kier molecular flexibility index (Phi) is 5.11. The van der Waals surface area contributed by atoms with Gasteiger partial charge < -0.3 is 14.0 Å². The van der Waals surface area contributed by atoms with Crippen LogP contribution in [0.15, 0.2) is 42.9 Å². The van der Waals surface area contributed by atoms with Crippen LogP contribution < -0.4 is 0 Å². The highest BCUT2D eigenvalue weighted by Gasteiger charge is 2.51. The van der Waals surface area contributed by atoms with E-state index in [1.807, 2.05) is 26.7 Å². The highest BCUT2D eigenvalue weighted by molar-refractivity contribution is 5.16. The van der Waals surface area contributed by atoms with Crippen molar-refractivity contribution in [2.24, 2.45) is 0 Å². The second-order valence-corrected chi connectivity index (χ2v) is 7.64. The number of methoxy groups -OCH3 is 2. The van der Waals surface area contributed by atoms with Gasteiger partial charge >= 0.3 is 0 Å². The van der Waals surface area contributed by atoms with Crippen molar-refractivity contribution in [3.63, 3.8) is 0 Å². The van der Waals surface area contributed by atoms with Gasteiger partial charge in [-0.3, -0.25) is 4.90 Å². The molecule has 0 unspecified atom stereocenters. The maximum Gasteiger partial charge on any atom is 0.0951 e. The molecule has 1 aliphatic carbocycles. The normalized spacial score (nSPS) is 29.0. The van der Waals surface area contributed by atoms with Gasteiger partial charge in [-0.1, -0.05) is 30.3 Å². The zero-order valence-corrected chi connectivity index (χ0v) is 15.8. The minimum Gasteiger partial charge on any atom is -0.381 e. The molecule has 3 atom stereocenters. The van der Waals surface area contributed by atoms with Crippen LogP contribution in [0.5, 0.6) is 0 Å². The minimum atomic E-state index is -0.000683. The largest absolute Gasteiger partial charge is 0.381 e. The number of aromatic nitrogens is 2. The van der Waals surface area contributed by atoms with Crippen LogP contribution in [0.1, 0.15) is 36.9 Å². The summed E-state index contributed by atoms with van der Waals surface area (Å²) in [5.74, 6) is 0. The first kappa shape index (κ1) is 17.7. The van der Waals surface area contributed by atoms with Crippen molar-refractivity contribution in [1.29, 1.82) is 0 Å². The quantitative estimate of drug-likeness (QED) is 0.798. The number of fused-ring (bicyclic) bond motifs is 1. The van der Waals surface area contributed by atoms with Crippen LogP contribution in [0, 0.1) is 0 Å². The van der Waals surface area contributed by atoms with Crippen LogP contribution >= 0.6 is 0 Å². The second-order valence-electron chi connectivity index (χ2n) is 7.64. The van der Waals surface area contributed by atoms with Gasteiger partial charge in [-0.05, 0) is 31.2 Å². The smallest absolute Gasteiger partial charge is 0.0951 e. The van der Waals surface area contributed by atoms with E-state index < -0.39 is 0 Å². The summed E-state index contributed by atoms with van der Waals surface area (Å²) in [6.07, 6.45) is 8.65. The molecule has 0 N–H and O–H groups in total. The lowest BCUT2D eigenvalue weighted by Gasteiger charge is -2.43. The highest BCUT2D eigenvalue weighted by atomic mass is 16.5. The molecule has 4 rings (SSSR count). The van der Waals surface area contributed by atoms with Crippen molar-refractivity contribution in [2.75, 3.05) is 20.8 Å². The van der Waals surface area contributed by atoms with Gasteiger partial charge in [0.05, 0.1) is 23.7 Å². The Labute approximate surface area is 155 Å². The molecule has 0 radical (unpaired) electrons. The SMILES string of the molecule is CO[C@H]1CC[C@]2(OC)CCN(Cc3cncn3Cc3ccccc3)[C@@H]2C1. The fraction of sp³-hybridized carbons (Fsp3) is 0.571. The molecule has 26 heavy (non-hydrogen) atoms. The molecule has 1 aromatic heterocycles. The van der Waals surface area contributed by atoms with Crippen LogP contribution in [-0.2, 0) is 22.6 Å². The van der Waals surface area contributed by atoms with Crippen molar-refractivity contribution < 1.29 is 9.47 Å². The van der Waals surface area contributed by atoms with E-state index in [9.17, 15) is 0 Å². The molecule has 2 heterocycles. The fourth-order valence-electron chi connectivity index (χ4n) is 4.77. The molecule has 0 amide bonds. The Morgan fingerprint density at radius 1 is 1.15 bits per heavy atom. The van der Waals surface area contributed by atoms with Crippen LogP contribution in [0.2, 0.25) is 0 Å². The van der Waals surface area contributed by atoms with Crippen LogP contribution in [0.3, 0.4) is 0 Å². The van der Waals surface area contributed by atoms with Crippen molar-refractivity contribution in [3.05, 3.63) is 54.1 Å². The van der Waals surface area contributed by atoms with Crippen LogP contribution in [0.4, 0.5) is 0 Å². The van der Waals surface area contributed by atoms with Gasteiger partial charge in [0.2, 0.25) is 0 Å². The molecule has 0 bridgehead atoms. The summed E-state index contributed by atoms with van der Waals surface area (Å²) in [5, 5.41) is 0. The molecular formula is C21H29N3O2. The van der Waals surface area contributed by atoms with Gasteiger partial charge in [-0.2, -0.15) is 0 Å². The van der Waals surface area contributed by atoms with Crippen molar-refractivity contribution in [2.45, 2.75) is 56.5 Å². The lowest BCUT2D eigenvalue weighted by molar-refractivity contribution is -0.0949. The van der Waals surface area contributed by atoms with E-state index in [1.165, 1.54) is 11.3 Å². The molecule has 0 spiro atoms. The average Bonchev–Trinajstić information content (AvgIpc) is 3.27. The Morgan fingerprint density at radius 3 is 2.77 bits per heavy atom. The summed E-state index contributed by atoms with van der Waals surface area (Å²) >= 11 is 0. The van der Waals surface area contributed by atoms with Gasteiger partial charge in [0.1, 0.15) is 0 Å². The Balaban J connectivity index is 1.50. The first-order valence-electron chi connectivity index (χ1n) is 9.59. The first-order chi connectivity index (χ1) is 12.7. The molecule has 2 aliphatic rings. The predicted molar refractivity (Wildman–Crippen MR) is 101 cm³/mol. The molecule has 1 saturated carbocycles. The first-order valence-corrected chi connectivity index (χ1v) is 9.59. The zero-order chi connectivity index (χ0) is 18.0. The number of nitrogens with zero attached hydrogens (tertiary/aromatic N) is 3. The van der Waals surface area contributed by atoms with E-state index in [2.05, 4.69) is 44.8 Å². The molecule has 1 aromatic carbocycles. The third-order valence-corrected chi connectivity index (χ3v) is 6.35. The third kappa shape index (κ3) is 3.31. The molecule has 140 valence electrons. The van der Waals surface area contributed by atoms with E-state index in [1.54, 1.807) is 0 Å². The number of ether oxygens (including phenoxy) is 2. The Hall–Kier alpha value is -1.69. The van der Waals surface area contributed by atoms with Crippen LogP contribution in [0.25, 0.3) is 0 Å². The van der Waals surface area contributed by atoms with Gasteiger partial charge in [-0.15, -0.1) is 0 Å². The number of rotatable bonds is 6. The van der Waals surface area contributed by atoms with Crippen LogP contribution in [-0.4, -0.2) is 53.0 Å². The van der Waals surface area contributed by atoms with E-state index in [4.69, 9.17) is 9.47 Å². The molecule has 2 aromatic rings. The Bertz CT molecular complexity index is 717. The highest BCUT2D eigenvalue weighted by Crippen LogP contribution is 2.43. The summed E-state index contributed by atoms with van der Waals surface area (Å²) in [7, 11) is 3.71. The second kappa shape index (κ2) is 7.51. The third-order valence-electron chi connectivity index (χ3n) is 6.35.